The number of aliphatic hydroxyl groups is 1. The van der Waals surface area contributed by atoms with Gasteiger partial charge in [0.15, 0.2) is 0 Å². The summed E-state index contributed by atoms with van der Waals surface area (Å²) in [5.74, 6) is 0.541. The molecule has 0 fully saturated rings. The van der Waals surface area contributed by atoms with E-state index < -0.39 is 0 Å². The molecule has 1 heterocycles. The second kappa shape index (κ2) is 5.19. The zero-order chi connectivity index (χ0) is 12.3. The molecule has 17 heavy (non-hydrogen) atoms. The maximum Gasteiger partial charge on any atom is 0.231 e. The summed E-state index contributed by atoms with van der Waals surface area (Å²) in [6.45, 7) is 2.61. The first kappa shape index (κ1) is 11.9. The summed E-state index contributed by atoms with van der Waals surface area (Å²) in [4.78, 5) is 11.9. The molecule has 0 aromatic heterocycles. The highest BCUT2D eigenvalue weighted by molar-refractivity contribution is 5.85. The lowest BCUT2D eigenvalue weighted by atomic mass is 10.0. The number of carbonyl (C=O) groups excluding carboxylic acids is 1. The molecule has 1 aliphatic rings. The van der Waals surface area contributed by atoms with Crippen molar-refractivity contribution in [2.75, 3.05) is 13.2 Å². The molecular weight excluding hydrogens is 218 g/mol. The van der Waals surface area contributed by atoms with Crippen LogP contribution in [0.4, 0.5) is 0 Å². The Morgan fingerprint density at radius 1 is 1.59 bits per heavy atom. The molecule has 1 amide bonds. The third-order valence-corrected chi connectivity index (χ3v) is 2.88. The third kappa shape index (κ3) is 2.77. The third-order valence-electron chi connectivity index (χ3n) is 2.88. The Morgan fingerprint density at radius 2 is 2.35 bits per heavy atom. The molecule has 1 aromatic carbocycles. The molecule has 2 unspecified atom stereocenters. The van der Waals surface area contributed by atoms with Gasteiger partial charge in [-0.3, -0.25) is 4.79 Å². The fraction of sp³-hybridized carbons (Fsp3) is 0.462. The van der Waals surface area contributed by atoms with Crippen molar-refractivity contribution in [2.45, 2.75) is 25.4 Å². The summed E-state index contributed by atoms with van der Waals surface area (Å²) in [5.41, 5.74) is 0.946. The van der Waals surface area contributed by atoms with Gasteiger partial charge in [-0.15, -0.1) is 0 Å². The standard InChI is InChI=1S/C13H17NO3/c1-9(15)6-7-14-13(16)11-8-17-12-5-3-2-4-10(11)12/h2-5,9,11,15H,6-8H2,1H3,(H,14,16). The lowest BCUT2D eigenvalue weighted by Gasteiger charge is -2.10. The van der Waals surface area contributed by atoms with Crippen LogP contribution in [0.3, 0.4) is 0 Å². The van der Waals surface area contributed by atoms with Crippen molar-refractivity contribution in [1.29, 1.82) is 0 Å². The number of amides is 1. The Hall–Kier alpha value is -1.55. The zero-order valence-electron chi connectivity index (χ0n) is 9.85. The van der Waals surface area contributed by atoms with Gasteiger partial charge in [-0.05, 0) is 19.4 Å². The Labute approximate surface area is 101 Å². The number of carbonyl (C=O) groups is 1. The largest absolute Gasteiger partial charge is 0.492 e. The van der Waals surface area contributed by atoms with Crippen LogP contribution in [-0.2, 0) is 4.79 Å². The minimum Gasteiger partial charge on any atom is -0.492 e. The molecule has 92 valence electrons. The monoisotopic (exact) mass is 235 g/mol. The molecule has 2 N–H and O–H groups in total. The average molecular weight is 235 g/mol. The highest BCUT2D eigenvalue weighted by atomic mass is 16.5. The first-order chi connectivity index (χ1) is 8.18. The van der Waals surface area contributed by atoms with Crippen LogP contribution in [0, 0.1) is 0 Å². The van der Waals surface area contributed by atoms with E-state index >= 15 is 0 Å². The molecule has 0 aliphatic carbocycles. The van der Waals surface area contributed by atoms with Crippen LogP contribution in [0.15, 0.2) is 24.3 Å². The number of hydrogen-bond acceptors (Lipinski definition) is 3. The smallest absolute Gasteiger partial charge is 0.231 e. The van der Waals surface area contributed by atoms with E-state index in [9.17, 15) is 4.79 Å². The molecular formula is C13H17NO3. The van der Waals surface area contributed by atoms with Gasteiger partial charge in [0.05, 0.1) is 6.10 Å². The molecule has 2 rings (SSSR count). The van der Waals surface area contributed by atoms with Crippen molar-refractivity contribution in [1.82, 2.24) is 5.32 Å². The molecule has 0 saturated carbocycles. The van der Waals surface area contributed by atoms with E-state index in [1.165, 1.54) is 0 Å². The Bertz CT molecular complexity index is 403. The van der Waals surface area contributed by atoms with Gasteiger partial charge in [-0.25, -0.2) is 0 Å². The normalized spacial score (nSPS) is 19.3. The van der Waals surface area contributed by atoms with Gasteiger partial charge in [0.1, 0.15) is 18.3 Å². The van der Waals surface area contributed by atoms with Gasteiger partial charge < -0.3 is 15.2 Å². The van der Waals surface area contributed by atoms with Crippen molar-refractivity contribution < 1.29 is 14.6 Å². The fourth-order valence-electron chi connectivity index (χ4n) is 1.91. The van der Waals surface area contributed by atoms with Crippen LogP contribution in [0.25, 0.3) is 0 Å². The van der Waals surface area contributed by atoms with Gasteiger partial charge in [-0.1, -0.05) is 18.2 Å². The number of rotatable bonds is 4. The van der Waals surface area contributed by atoms with Crippen molar-refractivity contribution >= 4 is 5.91 Å². The van der Waals surface area contributed by atoms with Crippen molar-refractivity contribution in [3.63, 3.8) is 0 Å². The van der Waals surface area contributed by atoms with E-state index in [1.54, 1.807) is 6.92 Å². The SMILES string of the molecule is CC(O)CCNC(=O)C1COc2ccccc21. The van der Waals surface area contributed by atoms with Gasteiger partial charge in [0, 0.05) is 12.1 Å². The number of ether oxygens (including phenoxy) is 1. The molecule has 0 bridgehead atoms. The second-order valence-electron chi connectivity index (χ2n) is 4.33. The molecule has 1 aliphatic heterocycles. The van der Waals surface area contributed by atoms with E-state index in [1.807, 2.05) is 24.3 Å². The van der Waals surface area contributed by atoms with Crippen LogP contribution in [0.5, 0.6) is 5.75 Å². The maximum atomic E-state index is 11.9. The molecule has 0 radical (unpaired) electrons. The summed E-state index contributed by atoms with van der Waals surface area (Å²) in [6, 6.07) is 7.59. The number of hydrogen-bond donors (Lipinski definition) is 2. The summed E-state index contributed by atoms with van der Waals surface area (Å²) in [5, 5.41) is 11.9. The topological polar surface area (TPSA) is 58.6 Å². The molecule has 0 spiro atoms. The predicted octanol–water partition coefficient (Wildman–Crippen LogP) is 1.05. The van der Waals surface area contributed by atoms with Crippen LogP contribution in [0.1, 0.15) is 24.8 Å². The summed E-state index contributed by atoms with van der Waals surface area (Å²) < 4.78 is 5.45. The van der Waals surface area contributed by atoms with Crippen molar-refractivity contribution in [2.24, 2.45) is 0 Å². The van der Waals surface area contributed by atoms with Gasteiger partial charge in [0.2, 0.25) is 5.91 Å². The number of fused-ring (bicyclic) bond motifs is 1. The highest BCUT2D eigenvalue weighted by Crippen LogP contribution is 2.33. The summed E-state index contributed by atoms with van der Waals surface area (Å²) in [7, 11) is 0. The van der Waals surface area contributed by atoms with E-state index in [0.717, 1.165) is 11.3 Å². The van der Waals surface area contributed by atoms with E-state index in [2.05, 4.69) is 5.32 Å². The van der Waals surface area contributed by atoms with E-state index in [0.29, 0.717) is 19.6 Å². The van der Waals surface area contributed by atoms with Crippen molar-refractivity contribution in [3.05, 3.63) is 29.8 Å². The molecule has 2 atom stereocenters. The first-order valence-electron chi connectivity index (χ1n) is 5.86. The second-order valence-corrected chi connectivity index (χ2v) is 4.33. The van der Waals surface area contributed by atoms with E-state index in [-0.39, 0.29) is 17.9 Å². The van der Waals surface area contributed by atoms with Gasteiger partial charge >= 0.3 is 0 Å². The van der Waals surface area contributed by atoms with Gasteiger partial charge in [0.25, 0.3) is 0 Å². The fourth-order valence-corrected chi connectivity index (χ4v) is 1.91. The predicted molar refractivity (Wildman–Crippen MR) is 64.0 cm³/mol. The molecule has 0 saturated heterocycles. The number of benzene rings is 1. The lowest BCUT2D eigenvalue weighted by Crippen LogP contribution is -2.32. The molecule has 4 nitrogen and oxygen atoms in total. The number of aliphatic hydroxyl groups excluding tert-OH is 1. The molecule has 1 aromatic rings. The quantitative estimate of drug-likeness (QED) is 0.820. The average Bonchev–Trinajstić information content (AvgIpc) is 2.72. The Balaban J connectivity index is 1.93. The Kier molecular flexibility index (Phi) is 3.64. The number of para-hydroxylation sites is 1. The summed E-state index contributed by atoms with van der Waals surface area (Å²) >= 11 is 0. The van der Waals surface area contributed by atoms with Crippen LogP contribution >= 0.6 is 0 Å². The Morgan fingerprint density at radius 3 is 3.12 bits per heavy atom. The minimum absolute atomic E-state index is 0.0319. The maximum absolute atomic E-state index is 11.9. The van der Waals surface area contributed by atoms with Crippen LogP contribution in [-0.4, -0.2) is 30.3 Å². The number of nitrogens with one attached hydrogen (secondary N) is 1. The summed E-state index contributed by atoms with van der Waals surface area (Å²) in [6.07, 6.45) is 0.184. The first-order valence-corrected chi connectivity index (χ1v) is 5.86. The zero-order valence-corrected chi connectivity index (χ0v) is 9.85. The van der Waals surface area contributed by atoms with Crippen molar-refractivity contribution in [3.8, 4) is 5.75 Å². The lowest BCUT2D eigenvalue weighted by molar-refractivity contribution is -0.122. The van der Waals surface area contributed by atoms with E-state index in [4.69, 9.17) is 9.84 Å². The van der Waals surface area contributed by atoms with Gasteiger partial charge in [-0.2, -0.15) is 0 Å². The van der Waals surface area contributed by atoms with Crippen LogP contribution in [0.2, 0.25) is 0 Å². The van der Waals surface area contributed by atoms with Crippen LogP contribution < -0.4 is 10.1 Å². The molecule has 4 heteroatoms. The highest BCUT2D eigenvalue weighted by Gasteiger charge is 2.29. The minimum atomic E-state index is -0.387.